The summed E-state index contributed by atoms with van der Waals surface area (Å²) in [4.78, 5) is 19.3. The van der Waals surface area contributed by atoms with Gasteiger partial charge < -0.3 is 10.6 Å². The molecule has 1 fully saturated rings. The van der Waals surface area contributed by atoms with Gasteiger partial charge in [-0.05, 0) is 54.4 Å². The first-order chi connectivity index (χ1) is 18.0. The fourth-order valence-corrected chi connectivity index (χ4v) is 6.38. The van der Waals surface area contributed by atoms with E-state index in [9.17, 15) is 4.79 Å². The van der Waals surface area contributed by atoms with Crippen molar-refractivity contribution < 1.29 is 4.79 Å². The average molecular weight is 510 g/mol. The van der Waals surface area contributed by atoms with Gasteiger partial charge in [-0.2, -0.15) is 5.10 Å². The molecule has 37 heavy (non-hydrogen) atoms. The van der Waals surface area contributed by atoms with Crippen LogP contribution in [-0.2, 0) is 17.8 Å². The molecule has 6 nitrogen and oxygen atoms in total. The van der Waals surface area contributed by atoms with Crippen molar-refractivity contribution >= 4 is 28.9 Å². The number of H-pyrrole nitrogens is 1. The largest absolute Gasteiger partial charge is 0.366 e. The lowest BCUT2D eigenvalue weighted by atomic mass is 9.99. The molecule has 1 saturated heterocycles. The van der Waals surface area contributed by atoms with Crippen molar-refractivity contribution in [2.24, 2.45) is 5.73 Å². The topological polar surface area (TPSA) is 78.2 Å². The highest BCUT2D eigenvalue weighted by molar-refractivity contribution is 7.16. The maximum Gasteiger partial charge on any atom is 0.249 e. The number of nitrogens with zero attached hydrogens (tertiary/aromatic N) is 3. The van der Waals surface area contributed by atoms with Crippen molar-refractivity contribution in [2.45, 2.75) is 19.9 Å². The number of piperazine rings is 1. The molecule has 2 aromatic carbocycles. The van der Waals surface area contributed by atoms with E-state index < -0.39 is 5.91 Å². The minimum Gasteiger partial charge on any atom is -0.366 e. The summed E-state index contributed by atoms with van der Waals surface area (Å²) >= 11 is 1.64. The summed E-state index contributed by atoms with van der Waals surface area (Å²) in [6.07, 6.45) is 2.78. The second-order valence-electron chi connectivity index (χ2n) is 10.1. The number of carbonyl (C=O) groups is 1. The molecule has 0 unspecified atom stereocenters. The molecule has 3 heterocycles. The van der Waals surface area contributed by atoms with Gasteiger partial charge in [-0.25, -0.2) is 0 Å². The van der Waals surface area contributed by atoms with Gasteiger partial charge in [0.15, 0.2) is 0 Å². The van der Waals surface area contributed by atoms with Crippen molar-refractivity contribution in [2.75, 3.05) is 33.2 Å². The van der Waals surface area contributed by atoms with Gasteiger partial charge in [0.05, 0.1) is 16.3 Å². The van der Waals surface area contributed by atoms with Crippen molar-refractivity contribution in [1.29, 1.82) is 0 Å². The van der Waals surface area contributed by atoms with Crippen LogP contribution in [0.3, 0.4) is 0 Å². The number of carbonyl (C=O) groups excluding carboxylic acids is 1. The zero-order chi connectivity index (χ0) is 25.5. The molecule has 3 N–H and O–H groups in total. The number of nitrogens with one attached hydrogen (secondary N) is 1. The van der Waals surface area contributed by atoms with Crippen molar-refractivity contribution in [3.05, 3.63) is 87.3 Å². The number of primary amides is 1. The van der Waals surface area contributed by atoms with Gasteiger partial charge in [0.25, 0.3) is 0 Å². The van der Waals surface area contributed by atoms with Crippen molar-refractivity contribution in [1.82, 2.24) is 20.0 Å². The van der Waals surface area contributed by atoms with Gasteiger partial charge in [-0.3, -0.25) is 14.8 Å². The minimum atomic E-state index is -0.422. The van der Waals surface area contributed by atoms with Gasteiger partial charge in [0.2, 0.25) is 5.91 Å². The van der Waals surface area contributed by atoms with E-state index in [4.69, 9.17) is 10.8 Å². The molecule has 0 spiro atoms. The van der Waals surface area contributed by atoms with Crippen LogP contribution in [0.2, 0.25) is 0 Å². The Labute approximate surface area is 221 Å². The number of aryl methyl sites for hydroxylation is 1. The van der Waals surface area contributed by atoms with E-state index in [0.717, 1.165) is 71.4 Å². The Morgan fingerprint density at radius 2 is 1.92 bits per heavy atom. The Bertz CT molecular complexity index is 1510. The first-order valence-electron chi connectivity index (χ1n) is 12.7. The van der Waals surface area contributed by atoms with Crippen LogP contribution in [0.15, 0.2) is 54.6 Å². The van der Waals surface area contributed by atoms with Crippen LogP contribution >= 0.6 is 11.3 Å². The zero-order valence-corrected chi connectivity index (χ0v) is 22.1. The fraction of sp³-hybridized carbons (Fsp3) is 0.267. The van der Waals surface area contributed by atoms with Crippen LogP contribution in [0.25, 0.3) is 33.5 Å². The van der Waals surface area contributed by atoms with E-state index in [1.54, 1.807) is 11.3 Å². The molecular weight excluding hydrogens is 478 g/mol. The number of nitrogens with two attached hydrogens (primary N) is 1. The standard InChI is InChI=1S/C30H31N5OS/c1-19-5-3-4-6-23(19)25(30(31)36)17-22-8-10-27(37-22)29-26-16-21-15-20(7-9-24(21)28(26)32-33-29)18-35-13-11-34(2)12-14-35/h3-10,15,17H,11-14,16,18H2,1-2H3,(H2,31,36)(H,32,33)/b25-17+. The predicted molar refractivity (Wildman–Crippen MR) is 151 cm³/mol. The van der Waals surface area contributed by atoms with Crippen LogP contribution in [0.5, 0.6) is 0 Å². The molecular formula is C30H31N5OS. The van der Waals surface area contributed by atoms with Crippen LogP contribution in [0.1, 0.15) is 32.7 Å². The number of hydrogen-bond acceptors (Lipinski definition) is 5. The smallest absolute Gasteiger partial charge is 0.249 e. The van der Waals surface area contributed by atoms with Crippen molar-refractivity contribution in [3.8, 4) is 21.8 Å². The molecule has 1 aliphatic heterocycles. The molecule has 0 atom stereocenters. The number of thiophene rings is 1. The van der Waals surface area contributed by atoms with Crippen LogP contribution in [-0.4, -0.2) is 59.1 Å². The van der Waals surface area contributed by atoms with E-state index in [0.29, 0.717) is 5.57 Å². The highest BCUT2D eigenvalue weighted by atomic mass is 32.1. The van der Waals surface area contributed by atoms with Gasteiger partial charge in [-0.15, -0.1) is 11.3 Å². The van der Waals surface area contributed by atoms with Gasteiger partial charge in [0.1, 0.15) is 0 Å². The monoisotopic (exact) mass is 509 g/mol. The Kier molecular flexibility index (Phi) is 6.28. The van der Waals surface area contributed by atoms with Gasteiger partial charge in [-0.1, -0.05) is 42.5 Å². The summed E-state index contributed by atoms with van der Waals surface area (Å²) in [6.45, 7) is 7.50. The average Bonchev–Trinajstić information content (AvgIpc) is 3.59. The molecule has 0 bridgehead atoms. The lowest BCUT2D eigenvalue weighted by Gasteiger charge is -2.32. The molecule has 7 heteroatoms. The lowest BCUT2D eigenvalue weighted by Crippen LogP contribution is -2.43. The van der Waals surface area contributed by atoms with Crippen molar-refractivity contribution in [3.63, 3.8) is 0 Å². The third kappa shape index (κ3) is 4.66. The summed E-state index contributed by atoms with van der Waals surface area (Å²) in [5.41, 5.74) is 15.5. The summed E-state index contributed by atoms with van der Waals surface area (Å²) < 4.78 is 0. The highest BCUT2D eigenvalue weighted by Gasteiger charge is 2.26. The third-order valence-corrected chi connectivity index (χ3v) is 8.57. The van der Waals surface area contributed by atoms with Gasteiger partial charge in [0, 0.05) is 60.7 Å². The Morgan fingerprint density at radius 1 is 1.11 bits per heavy atom. The second kappa shape index (κ2) is 9.74. The Balaban J connectivity index is 1.24. The number of hydrogen-bond donors (Lipinski definition) is 2. The summed E-state index contributed by atoms with van der Waals surface area (Å²) in [5.74, 6) is -0.422. The number of aromatic nitrogens is 2. The van der Waals surface area contributed by atoms with Crippen LogP contribution in [0.4, 0.5) is 0 Å². The molecule has 6 rings (SSSR count). The number of rotatable bonds is 6. The maximum absolute atomic E-state index is 12.3. The highest BCUT2D eigenvalue weighted by Crippen LogP contribution is 2.42. The SMILES string of the molecule is Cc1ccccc1/C(=C\c1ccc(-c2[nH]nc3c2Cc2cc(CN4CCN(C)CC4)ccc2-3)s1)C(N)=O. The molecule has 0 saturated carbocycles. The molecule has 4 aromatic rings. The maximum atomic E-state index is 12.3. The summed E-state index contributed by atoms with van der Waals surface area (Å²) in [5, 5.41) is 7.99. The zero-order valence-electron chi connectivity index (χ0n) is 21.3. The molecule has 2 aliphatic rings. The summed E-state index contributed by atoms with van der Waals surface area (Å²) in [7, 11) is 2.19. The Hall–Kier alpha value is -3.52. The normalized spacial score (nSPS) is 16.1. The number of fused-ring (bicyclic) bond motifs is 3. The van der Waals surface area contributed by atoms with E-state index in [1.807, 2.05) is 43.3 Å². The molecule has 2 aromatic heterocycles. The molecule has 0 radical (unpaired) electrons. The van der Waals surface area contributed by atoms with E-state index in [1.165, 1.54) is 22.3 Å². The number of amides is 1. The van der Waals surface area contributed by atoms with Crippen LogP contribution < -0.4 is 5.73 Å². The first kappa shape index (κ1) is 23.9. The Morgan fingerprint density at radius 3 is 2.70 bits per heavy atom. The lowest BCUT2D eigenvalue weighted by molar-refractivity contribution is -0.112. The van der Waals surface area contributed by atoms with E-state index in [2.05, 4.69) is 46.2 Å². The predicted octanol–water partition coefficient (Wildman–Crippen LogP) is 4.79. The molecule has 1 amide bonds. The number of likely N-dealkylation sites (N-methyl/N-ethyl adjacent to an activating group) is 1. The number of aromatic amines is 1. The van der Waals surface area contributed by atoms with Crippen LogP contribution in [0, 0.1) is 6.92 Å². The van der Waals surface area contributed by atoms with Gasteiger partial charge >= 0.3 is 0 Å². The number of benzene rings is 2. The minimum absolute atomic E-state index is 0.422. The second-order valence-corrected chi connectivity index (χ2v) is 11.2. The first-order valence-corrected chi connectivity index (χ1v) is 13.6. The molecule has 188 valence electrons. The fourth-order valence-electron chi connectivity index (χ4n) is 5.40. The van der Waals surface area contributed by atoms with E-state index in [-0.39, 0.29) is 0 Å². The third-order valence-electron chi connectivity index (χ3n) is 7.52. The summed E-state index contributed by atoms with van der Waals surface area (Å²) in [6, 6.07) is 18.8. The van der Waals surface area contributed by atoms with E-state index >= 15 is 0 Å². The quantitative estimate of drug-likeness (QED) is 0.323. The molecule has 1 aliphatic carbocycles.